The van der Waals surface area contributed by atoms with Crippen molar-refractivity contribution >= 4 is 40.9 Å². The van der Waals surface area contributed by atoms with Crippen LogP contribution in [-0.2, 0) is 11.3 Å². The highest BCUT2D eigenvalue weighted by molar-refractivity contribution is 8.42. The molecule has 5 heteroatoms. The van der Waals surface area contributed by atoms with Gasteiger partial charge in [0.25, 0.3) is 6.92 Å². The zero-order chi connectivity index (χ0) is 19.6. The van der Waals surface area contributed by atoms with Crippen molar-refractivity contribution in [1.82, 2.24) is 0 Å². The normalized spacial score (nSPS) is 31.6. The molecule has 0 spiro atoms. The van der Waals surface area contributed by atoms with E-state index in [9.17, 15) is 0 Å². The first-order valence-electron chi connectivity index (χ1n) is 12.2. The van der Waals surface area contributed by atoms with Crippen LogP contribution in [0.15, 0.2) is 24.3 Å². The van der Waals surface area contributed by atoms with Crippen LogP contribution in [0.1, 0.15) is 88.2 Å². The molecule has 1 aromatic carbocycles. The number of benzene rings is 1. The summed E-state index contributed by atoms with van der Waals surface area (Å²) in [6, 6.07) is 8.81. The van der Waals surface area contributed by atoms with Crippen molar-refractivity contribution in [1.29, 1.82) is 0 Å². The minimum atomic E-state index is 0.490. The predicted molar refractivity (Wildman–Crippen MR) is 132 cm³/mol. The van der Waals surface area contributed by atoms with Gasteiger partial charge in [-0.15, -0.1) is 0 Å². The zero-order valence-corrected chi connectivity index (χ0v) is 19.3. The second kappa shape index (κ2) is 9.49. The van der Waals surface area contributed by atoms with Crippen molar-refractivity contribution in [3.63, 3.8) is 0 Å². The topological polar surface area (TPSA) is 9.23 Å². The Morgan fingerprint density at radius 2 is 1.34 bits per heavy atom. The van der Waals surface area contributed by atoms with E-state index in [2.05, 4.69) is 24.3 Å². The van der Waals surface area contributed by atoms with Crippen molar-refractivity contribution in [2.24, 2.45) is 0 Å². The molecule has 0 unspecified atom stereocenters. The second-order valence-corrected chi connectivity index (χ2v) is 11.9. The smallest absolute Gasteiger partial charge is 0.299 e. The van der Waals surface area contributed by atoms with Crippen molar-refractivity contribution < 1.29 is 4.65 Å². The Labute approximate surface area is 187 Å². The molecule has 4 bridgehead atoms. The number of rotatable bonds is 5. The van der Waals surface area contributed by atoms with E-state index in [0.717, 1.165) is 40.1 Å². The molecule has 0 radical (unpaired) electrons. The first kappa shape index (κ1) is 20.6. The van der Waals surface area contributed by atoms with E-state index < -0.39 is 0 Å². The maximum Gasteiger partial charge on any atom is 0.299 e. The lowest BCUT2D eigenvalue weighted by molar-refractivity contribution is 0.258. The van der Waals surface area contributed by atoms with E-state index in [1.807, 2.05) is 11.6 Å². The molecule has 5 rings (SSSR count). The van der Waals surface area contributed by atoms with Gasteiger partial charge in [0.05, 0.1) is 10.8 Å². The fourth-order valence-corrected chi connectivity index (χ4v) is 8.95. The molecule has 4 fully saturated rings. The molecule has 0 aliphatic carbocycles. The van der Waals surface area contributed by atoms with Crippen LogP contribution >= 0.6 is 23.8 Å². The van der Waals surface area contributed by atoms with Crippen molar-refractivity contribution in [2.75, 3.05) is 0 Å². The molecule has 4 saturated heterocycles. The van der Waals surface area contributed by atoms with Crippen LogP contribution in [0, 0.1) is 0 Å². The molecule has 0 N–H and O–H groups in total. The summed E-state index contributed by atoms with van der Waals surface area (Å²) < 4.78 is 7.74. The molecule has 4 aliphatic heterocycles. The van der Waals surface area contributed by atoms with E-state index in [1.165, 1.54) is 88.2 Å². The molecule has 0 amide bonds. The summed E-state index contributed by atoms with van der Waals surface area (Å²) in [5, 5.41) is 0. The van der Waals surface area contributed by atoms with Gasteiger partial charge in [-0.05, 0) is 17.2 Å². The first-order valence-corrected chi connectivity index (χ1v) is 13.5. The number of hydrogen-bond donors (Lipinski definition) is 0. The number of fused-ring (bicyclic) bond motifs is 4. The van der Waals surface area contributed by atoms with E-state index in [1.54, 1.807) is 0 Å². The molecule has 1 aromatic rings. The van der Waals surface area contributed by atoms with E-state index in [0.29, 0.717) is 6.92 Å². The fourth-order valence-electron chi connectivity index (χ4n) is 6.91. The van der Waals surface area contributed by atoms with Gasteiger partial charge in [-0.25, -0.2) is 0 Å². The Morgan fingerprint density at radius 3 is 1.93 bits per heavy atom. The van der Waals surface area contributed by atoms with Gasteiger partial charge in [0, 0.05) is 5.56 Å². The van der Waals surface area contributed by atoms with Crippen LogP contribution in [0.25, 0.3) is 0 Å². The van der Waals surface area contributed by atoms with E-state index in [-0.39, 0.29) is 0 Å². The van der Waals surface area contributed by atoms with Crippen LogP contribution in [0.4, 0.5) is 0 Å². The van der Waals surface area contributed by atoms with Crippen LogP contribution in [-0.4, -0.2) is 17.1 Å². The predicted octanol–water partition coefficient (Wildman–Crippen LogP) is 7.81. The highest BCUT2D eigenvalue weighted by Crippen LogP contribution is 2.51. The number of thiocarbonyl (C=S) groups is 1. The molecule has 0 aromatic heterocycles. The van der Waals surface area contributed by atoms with Gasteiger partial charge in [0.1, 0.15) is 0 Å². The summed E-state index contributed by atoms with van der Waals surface area (Å²) in [6.07, 6.45) is 16.9. The Bertz CT molecular complexity index is 683. The Morgan fingerprint density at radius 1 is 0.828 bits per heavy atom. The highest BCUT2D eigenvalue weighted by atomic mass is 32.2. The molecule has 29 heavy (non-hydrogen) atoms. The Balaban J connectivity index is 1.26. The van der Waals surface area contributed by atoms with Crippen molar-refractivity contribution in [2.45, 2.75) is 107 Å². The fraction of sp³-hybridized carbons (Fsp3) is 0.708. The average molecular weight is 424 g/mol. The maximum absolute atomic E-state index is 6.62. The largest absolute Gasteiger partial charge is 0.431 e. The van der Waals surface area contributed by atoms with Gasteiger partial charge in [-0.2, -0.15) is 11.6 Å². The van der Waals surface area contributed by atoms with Gasteiger partial charge in [-0.3, -0.25) is 0 Å². The van der Waals surface area contributed by atoms with Gasteiger partial charge in [0.15, 0.2) is 0 Å². The average Bonchev–Trinajstić information content (AvgIpc) is 2.72. The lowest BCUT2D eigenvalue weighted by Gasteiger charge is -2.40. The summed E-state index contributed by atoms with van der Waals surface area (Å²) in [5.74, 6) is 4.16. The Kier molecular flexibility index (Phi) is 6.75. The molecular formula is C24H34B2OS2. The van der Waals surface area contributed by atoms with Crippen LogP contribution in [0.5, 0.6) is 0 Å². The molecular weight excluding hydrogens is 390 g/mol. The van der Waals surface area contributed by atoms with Gasteiger partial charge in [0.2, 0.25) is 5.99 Å². The SMILES string of the molecule is S=C(SB1C2CCCC1CCC2)c1ccccc1COB1C2CCCC1CCC2. The summed E-state index contributed by atoms with van der Waals surface area (Å²) in [7, 11) is 0. The summed E-state index contributed by atoms with van der Waals surface area (Å²) in [6.45, 7) is 1.23. The zero-order valence-electron chi connectivity index (χ0n) is 17.7. The van der Waals surface area contributed by atoms with Crippen LogP contribution in [0.3, 0.4) is 0 Å². The first-order chi connectivity index (χ1) is 14.3. The van der Waals surface area contributed by atoms with Crippen LogP contribution < -0.4 is 0 Å². The van der Waals surface area contributed by atoms with E-state index >= 15 is 0 Å². The molecule has 1 nitrogen and oxygen atoms in total. The third-order valence-electron chi connectivity index (χ3n) is 8.37. The van der Waals surface area contributed by atoms with Gasteiger partial charge in [-0.1, -0.05) is 125 Å². The quantitative estimate of drug-likeness (QED) is 0.352. The minimum Gasteiger partial charge on any atom is -0.431 e. The third kappa shape index (κ3) is 4.53. The molecule has 154 valence electrons. The second-order valence-electron chi connectivity index (χ2n) is 10.1. The summed E-state index contributed by atoms with van der Waals surface area (Å²) in [4.78, 5) is 0. The molecule has 4 aliphatic rings. The molecule has 4 heterocycles. The van der Waals surface area contributed by atoms with Crippen molar-refractivity contribution in [3.05, 3.63) is 35.4 Å². The highest BCUT2D eigenvalue weighted by Gasteiger charge is 2.42. The summed E-state index contributed by atoms with van der Waals surface area (Å²) >= 11 is 8.06. The summed E-state index contributed by atoms with van der Waals surface area (Å²) in [5.41, 5.74) is 2.59. The third-order valence-corrected chi connectivity index (χ3v) is 10.4. The monoisotopic (exact) mass is 424 g/mol. The number of hydrogen-bond acceptors (Lipinski definition) is 3. The molecule has 0 atom stereocenters. The van der Waals surface area contributed by atoms with Crippen molar-refractivity contribution in [3.8, 4) is 0 Å². The standard InChI is InChI=1S/C24H34B2OS2/c28-24(29-26-21-12-5-13-22(26)15-6-14-21)23-16-2-1-7-18(23)17-27-25-19-8-3-9-20(25)11-4-10-19/h1-2,7,16,19-22H,3-6,8-15,17H2. The lowest BCUT2D eigenvalue weighted by Crippen LogP contribution is -2.37. The van der Waals surface area contributed by atoms with E-state index in [4.69, 9.17) is 16.9 Å². The lowest BCUT2D eigenvalue weighted by atomic mass is 9.38. The molecule has 0 saturated carbocycles. The Hall–Kier alpha value is -0.250. The van der Waals surface area contributed by atoms with Gasteiger partial charge >= 0.3 is 0 Å². The van der Waals surface area contributed by atoms with Gasteiger partial charge < -0.3 is 4.65 Å². The maximum atomic E-state index is 6.62. The van der Waals surface area contributed by atoms with Crippen LogP contribution in [0.2, 0.25) is 23.3 Å². The minimum absolute atomic E-state index is 0.490.